The second kappa shape index (κ2) is 11.6. The number of carboxylic acid groups (broad SMARTS) is 1. The first kappa shape index (κ1) is 27.6. The molecule has 1 saturated heterocycles. The first-order chi connectivity index (χ1) is 17.6. The van der Waals surface area contributed by atoms with E-state index < -0.39 is 66.4 Å². The summed E-state index contributed by atoms with van der Waals surface area (Å²) in [5.74, 6) is -5.81. The van der Waals surface area contributed by atoms with E-state index >= 15 is 0 Å². The molecular formula is C22H18Cl2F3N3O6S. The molecule has 1 fully saturated rings. The molecule has 1 aliphatic rings. The Morgan fingerprint density at radius 1 is 1.16 bits per heavy atom. The predicted octanol–water partition coefficient (Wildman–Crippen LogP) is 3.55. The number of rotatable bonds is 8. The van der Waals surface area contributed by atoms with Crippen LogP contribution in [0.3, 0.4) is 0 Å². The molecule has 0 amide bonds. The fourth-order valence-electron chi connectivity index (χ4n) is 3.75. The number of nitrogens with zero attached hydrogens (tertiary/aromatic N) is 3. The van der Waals surface area contributed by atoms with Gasteiger partial charge < -0.3 is 24.8 Å². The molecule has 0 bridgehead atoms. The largest absolute Gasteiger partial charge is 0.480 e. The van der Waals surface area contributed by atoms with Crippen LogP contribution < -0.4 is 0 Å². The quantitative estimate of drug-likeness (QED) is 0.343. The maximum atomic E-state index is 13.7. The van der Waals surface area contributed by atoms with E-state index in [-0.39, 0.29) is 16.3 Å². The van der Waals surface area contributed by atoms with Crippen LogP contribution in [0, 0.1) is 17.5 Å². The lowest BCUT2D eigenvalue weighted by atomic mass is 9.97. The van der Waals surface area contributed by atoms with Crippen molar-refractivity contribution < 1.29 is 42.8 Å². The van der Waals surface area contributed by atoms with Crippen molar-refractivity contribution in [3.63, 3.8) is 0 Å². The molecular weight excluding hydrogens is 562 g/mol. The van der Waals surface area contributed by atoms with E-state index in [0.717, 1.165) is 28.6 Å². The van der Waals surface area contributed by atoms with Crippen LogP contribution in [-0.2, 0) is 14.3 Å². The molecule has 198 valence electrons. The van der Waals surface area contributed by atoms with Crippen molar-refractivity contribution >= 4 is 40.9 Å². The molecule has 2 unspecified atom stereocenters. The fourth-order valence-corrected chi connectivity index (χ4v) is 5.28. The first-order valence-corrected chi connectivity index (χ1v) is 12.2. The highest BCUT2D eigenvalue weighted by Crippen LogP contribution is 2.41. The van der Waals surface area contributed by atoms with Gasteiger partial charge in [-0.15, -0.1) is 5.10 Å². The second-order valence-corrected chi connectivity index (χ2v) is 9.89. The number of aromatic nitrogens is 3. The minimum absolute atomic E-state index is 0.0669. The van der Waals surface area contributed by atoms with E-state index in [1.54, 1.807) is 18.2 Å². The summed E-state index contributed by atoms with van der Waals surface area (Å²) in [6, 6.07) is 5.02. The zero-order chi connectivity index (χ0) is 26.9. The number of ether oxygens (including phenoxy) is 2. The average Bonchev–Trinajstić information content (AvgIpc) is 3.34. The van der Waals surface area contributed by atoms with E-state index in [9.17, 15) is 33.3 Å². The van der Waals surface area contributed by atoms with Crippen molar-refractivity contribution in [1.82, 2.24) is 15.0 Å². The molecule has 3 N–H and O–H groups in total. The number of benzene rings is 2. The molecule has 37 heavy (non-hydrogen) atoms. The van der Waals surface area contributed by atoms with Crippen molar-refractivity contribution in [1.29, 1.82) is 0 Å². The van der Waals surface area contributed by atoms with Gasteiger partial charge in [-0.1, -0.05) is 40.2 Å². The molecule has 0 aliphatic carbocycles. The van der Waals surface area contributed by atoms with Gasteiger partial charge >= 0.3 is 5.97 Å². The summed E-state index contributed by atoms with van der Waals surface area (Å²) >= 11 is 13.1. The maximum Gasteiger partial charge on any atom is 0.329 e. The van der Waals surface area contributed by atoms with Gasteiger partial charge in [0, 0.05) is 10.5 Å². The Bertz CT molecular complexity index is 1280. The average molecular weight is 580 g/mol. The van der Waals surface area contributed by atoms with E-state index in [0.29, 0.717) is 9.92 Å². The van der Waals surface area contributed by atoms with Gasteiger partial charge in [-0.3, -0.25) is 0 Å². The minimum atomic E-state index is -1.65. The Morgan fingerprint density at radius 2 is 1.86 bits per heavy atom. The maximum absolute atomic E-state index is 13.7. The van der Waals surface area contributed by atoms with Crippen LogP contribution in [0.4, 0.5) is 13.2 Å². The minimum Gasteiger partial charge on any atom is -0.480 e. The summed E-state index contributed by atoms with van der Waals surface area (Å²) < 4.78 is 53.4. The Labute approximate surface area is 221 Å². The van der Waals surface area contributed by atoms with Gasteiger partial charge in [-0.25, -0.2) is 22.6 Å². The lowest BCUT2D eigenvalue weighted by Gasteiger charge is -2.43. The Hall–Kier alpha value is -2.39. The number of halogens is 5. The molecule has 0 radical (unpaired) electrons. The predicted molar refractivity (Wildman–Crippen MR) is 126 cm³/mol. The van der Waals surface area contributed by atoms with Crippen molar-refractivity contribution in [2.45, 2.75) is 34.7 Å². The number of carboxylic acids is 1. The molecule has 9 nitrogen and oxygen atoms in total. The standard InChI is InChI=1S/C22H18Cl2F3N3O6S/c23-11-2-1-10(5-12(11)24)37-22-21(35-8-17(32)33)19(20(34)16(7-31)36-22)30-6-15(28-29-30)9-3-13(25)18(27)14(26)4-9/h1-6,16,19-22,31,34H,7-8H2,(H,32,33)/t16?,19-,20-,21?,22+/m0/s1. The number of thioether (sulfide) groups is 1. The van der Waals surface area contributed by atoms with Crippen molar-refractivity contribution in [3.05, 3.63) is 64.0 Å². The van der Waals surface area contributed by atoms with Gasteiger partial charge in [0.1, 0.15) is 42.1 Å². The number of aliphatic carboxylic acids is 1. The molecule has 4 rings (SSSR count). The molecule has 15 heteroatoms. The van der Waals surface area contributed by atoms with Crippen LogP contribution in [0.2, 0.25) is 10.0 Å². The molecule has 5 atom stereocenters. The van der Waals surface area contributed by atoms with Crippen LogP contribution in [0.15, 0.2) is 41.4 Å². The number of aliphatic hydroxyl groups excluding tert-OH is 2. The van der Waals surface area contributed by atoms with Gasteiger partial charge in [-0.05, 0) is 30.3 Å². The topological polar surface area (TPSA) is 127 Å². The molecule has 3 aromatic rings. The third-order valence-corrected chi connectivity index (χ3v) is 7.34. The van der Waals surface area contributed by atoms with Gasteiger partial charge in [0.15, 0.2) is 17.5 Å². The summed E-state index contributed by atoms with van der Waals surface area (Å²) in [4.78, 5) is 11.8. The van der Waals surface area contributed by atoms with Crippen molar-refractivity contribution in [3.8, 4) is 11.3 Å². The van der Waals surface area contributed by atoms with Crippen LogP contribution >= 0.6 is 35.0 Å². The molecule has 0 spiro atoms. The smallest absolute Gasteiger partial charge is 0.329 e. The lowest BCUT2D eigenvalue weighted by molar-refractivity contribution is -0.196. The monoisotopic (exact) mass is 579 g/mol. The third kappa shape index (κ3) is 6.03. The lowest BCUT2D eigenvalue weighted by Crippen LogP contribution is -2.56. The van der Waals surface area contributed by atoms with Crippen LogP contribution in [0.5, 0.6) is 0 Å². The summed E-state index contributed by atoms with van der Waals surface area (Å²) in [6.07, 6.45) is -2.57. The van der Waals surface area contributed by atoms with Gasteiger partial charge in [0.25, 0.3) is 0 Å². The SMILES string of the molecule is O=C(O)COC1[C@@H](Sc2ccc(Cl)c(Cl)c2)OC(CO)[C@H](O)[C@@H]1n1cc(-c2cc(F)c(F)c(F)c2)nn1. The van der Waals surface area contributed by atoms with Crippen molar-refractivity contribution in [2.75, 3.05) is 13.2 Å². The van der Waals surface area contributed by atoms with Crippen LogP contribution in [0.1, 0.15) is 6.04 Å². The first-order valence-electron chi connectivity index (χ1n) is 10.5. The molecule has 1 aliphatic heterocycles. The van der Waals surface area contributed by atoms with Crippen LogP contribution in [0.25, 0.3) is 11.3 Å². The normalized spacial score (nSPS) is 23.8. The number of hydrogen-bond donors (Lipinski definition) is 3. The van der Waals surface area contributed by atoms with E-state index in [1.165, 1.54) is 6.20 Å². The van der Waals surface area contributed by atoms with E-state index in [4.69, 9.17) is 32.7 Å². The summed E-state index contributed by atoms with van der Waals surface area (Å²) in [5, 5.41) is 38.3. The highest BCUT2D eigenvalue weighted by Gasteiger charge is 2.48. The Kier molecular flexibility index (Phi) is 8.63. The Morgan fingerprint density at radius 3 is 2.49 bits per heavy atom. The van der Waals surface area contributed by atoms with Gasteiger partial charge in [-0.2, -0.15) is 0 Å². The second-order valence-electron chi connectivity index (χ2n) is 7.91. The van der Waals surface area contributed by atoms with Crippen molar-refractivity contribution in [2.24, 2.45) is 0 Å². The molecule has 0 saturated carbocycles. The third-order valence-electron chi connectivity index (χ3n) is 5.46. The zero-order valence-electron chi connectivity index (χ0n) is 18.5. The summed E-state index contributed by atoms with van der Waals surface area (Å²) in [7, 11) is 0. The number of aliphatic hydroxyl groups is 2. The van der Waals surface area contributed by atoms with E-state index in [2.05, 4.69) is 10.3 Å². The van der Waals surface area contributed by atoms with Crippen LogP contribution in [-0.4, -0.2) is 73.2 Å². The fraction of sp³-hybridized carbons (Fsp3) is 0.318. The Balaban J connectivity index is 1.72. The number of carbonyl (C=O) groups is 1. The van der Waals surface area contributed by atoms with E-state index in [1.807, 2.05) is 0 Å². The highest BCUT2D eigenvalue weighted by molar-refractivity contribution is 7.99. The molecule has 1 aromatic heterocycles. The molecule has 2 heterocycles. The summed E-state index contributed by atoms with van der Waals surface area (Å²) in [6.45, 7) is -1.38. The summed E-state index contributed by atoms with van der Waals surface area (Å²) in [5.41, 5.74) is -1.19. The zero-order valence-corrected chi connectivity index (χ0v) is 20.8. The molecule has 2 aromatic carbocycles. The highest BCUT2D eigenvalue weighted by atomic mass is 35.5. The van der Waals surface area contributed by atoms with Gasteiger partial charge in [0.2, 0.25) is 0 Å². The van der Waals surface area contributed by atoms with Gasteiger partial charge in [0.05, 0.1) is 22.8 Å². The number of hydrogen-bond acceptors (Lipinski definition) is 8.